The summed E-state index contributed by atoms with van der Waals surface area (Å²) in [6.45, 7) is 0. The van der Waals surface area contributed by atoms with E-state index >= 15 is 0 Å². The molecule has 1 N–H and O–H groups in total. The van der Waals surface area contributed by atoms with E-state index in [1.807, 2.05) is 13.1 Å². The predicted octanol–water partition coefficient (Wildman–Crippen LogP) is 3.39. The van der Waals surface area contributed by atoms with E-state index in [9.17, 15) is 8.42 Å². The van der Waals surface area contributed by atoms with Crippen molar-refractivity contribution in [3.63, 3.8) is 0 Å². The molecule has 1 aliphatic rings. The summed E-state index contributed by atoms with van der Waals surface area (Å²) in [6, 6.07) is 7.11. The molecule has 0 spiro atoms. The van der Waals surface area contributed by atoms with E-state index in [2.05, 4.69) is 21.2 Å². The molecule has 3 nitrogen and oxygen atoms in total. The van der Waals surface area contributed by atoms with Gasteiger partial charge in [0, 0.05) is 10.5 Å². The smallest absolute Gasteiger partial charge is 0.181 e. The van der Waals surface area contributed by atoms with Gasteiger partial charge in [-0.15, -0.1) is 0 Å². The van der Waals surface area contributed by atoms with Crippen LogP contribution in [0.3, 0.4) is 0 Å². The quantitative estimate of drug-likeness (QED) is 0.876. The van der Waals surface area contributed by atoms with Crippen LogP contribution in [0.25, 0.3) is 0 Å². The molecule has 0 heterocycles. The molecule has 1 aliphatic carbocycles. The topological polar surface area (TPSA) is 46.2 Å². The standard InChI is InChI=1S/C15H22BrNO2S/c1-17-14(12-7-3-2-4-8-12)11-20(18,19)15-10-6-5-9-13(15)16/h5-6,9-10,12,14,17H,2-4,7-8,11H2,1H3. The fourth-order valence-electron chi connectivity index (χ4n) is 3.01. The van der Waals surface area contributed by atoms with E-state index in [4.69, 9.17) is 0 Å². The van der Waals surface area contributed by atoms with Crippen molar-refractivity contribution in [1.82, 2.24) is 5.32 Å². The maximum absolute atomic E-state index is 12.6. The number of hydrogen-bond acceptors (Lipinski definition) is 3. The highest BCUT2D eigenvalue weighted by Gasteiger charge is 2.28. The summed E-state index contributed by atoms with van der Waals surface area (Å²) >= 11 is 3.34. The zero-order valence-corrected chi connectivity index (χ0v) is 14.2. The third kappa shape index (κ3) is 3.83. The second-order valence-corrected chi connectivity index (χ2v) is 8.36. The monoisotopic (exact) mass is 359 g/mol. The van der Waals surface area contributed by atoms with Gasteiger partial charge in [-0.25, -0.2) is 8.42 Å². The summed E-state index contributed by atoms with van der Waals surface area (Å²) in [5, 5.41) is 3.22. The van der Waals surface area contributed by atoms with Gasteiger partial charge in [-0.3, -0.25) is 0 Å². The minimum atomic E-state index is -3.26. The second-order valence-electron chi connectivity index (χ2n) is 5.51. The van der Waals surface area contributed by atoms with Gasteiger partial charge in [0.15, 0.2) is 9.84 Å². The highest BCUT2D eigenvalue weighted by atomic mass is 79.9. The Morgan fingerprint density at radius 1 is 1.25 bits per heavy atom. The van der Waals surface area contributed by atoms with E-state index < -0.39 is 9.84 Å². The lowest BCUT2D eigenvalue weighted by Crippen LogP contribution is -2.40. The van der Waals surface area contributed by atoms with E-state index in [0.717, 1.165) is 12.8 Å². The van der Waals surface area contributed by atoms with Crippen LogP contribution in [0.5, 0.6) is 0 Å². The van der Waals surface area contributed by atoms with Crippen LogP contribution in [0.4, 0.5) is 0 Å². The zero-order valence-electron chi connectivity index (χ0n) is 11.8. The van der Waals surface area contributed by atoms with Crippen molar-refractivity contribution in [2.75, 3.05) is 12.8 Å². The molecule has 112 valence electrons. The van der Waals surface area contributed by atoms with Crippen molar-refractivity contribution in [3.05, 3.63) is 28.7 Å². The van der Waals surface area contributed by atoms with E-state index in [0.29, 0.717) is 15.3 Å². The fourth-order valence-corrected chi connectivity index (χ4v) is 5.78. The van der Waals surface area contributed by atoms with Gasteiger partial charge in [-0.1, -0.05) is 31.4 Å². The average Bonchev–Trinajstić information content (AvgIpc) is 2.46. The van der Waals surface area contributed by atoms with Gasteiger partial charge in [0.2, 0.25) is 0 Å². The molecule has 0 radical (unpaired) electrons. The summed E-state index contributed by atoms with van der Waals surface area (Å²) in [4.78, 5) is 0.399. The van der Waals surface area contributed by atoms with Crippen molar-refractivity contribution < 1.29 is 8.42 Å². The number of sulfone groups is 1. The largest absolute Gasteiger partial charge is 0.316 e. The maximum Gasteiger partial charge on any atom is 0.181 e. The Morgan fingerprint density at radius 3 is 2.50 bits per heavy atom. The van der Waals surface area contributed by atoms with Crippen LogP contribution in [0, 0.1) is 5.92 Å². The van der Waals surface area contributed by atoms with E-state index in [-0.39, 0.29) is 11.8 Å². The van der Waals surface area contributed by atoms with Gasteiger partial charge in [0.25, 0.3) is 0 Å². The van der Waals surface area contributed by atoms with Gasteiger partial charge in [0.05, 0.1) is 10.6 Å². The number of rotatable bonds is 5. The molecule has 1 saturated carbocycles. The molecule has 1 aromatic rings. The van der Waals surface area contributed by atoms with Crippen LogP contribution in [-0.2, 0) is 9.84 Å². The number of benzene rings is 1. The molecular formula is C15H22BrNO2S. The van der Waals surface area contributed by atoms with Gasteiger partial charge >= 0.3 is 0 Å². The highest BCUT2D eigenvalue weighted by molar-refractivity contribution is 9.10. The van der Waals surface area contributed by atoms with Crippen molar-refractivity contribution in [1.29, 1.82) is 0 Å². The van der Waals surface area contributed by atoms with Crippen LogP contribution in [0.1, 0.15) is 32.1 Å². The normalized spacial score (nSPS) is 18.9. The Morgan fingerprint density at radius 2 is 1.90 bits per heavy atom. The lowest BCUT2D eigenvalue weighted by molar-refractivity contribution is 0.292. The van der Waals surface area contributed by atoms with Gasteiger partial charge in [0.1, 0.15) is 0 Å². The number of hydrogen-bond donors (Lipinski definition) is 1. The van der Waals surface area contributed by atoms with E-state index in [1.54, 1.807) is 18.2 Å². The molecule has 1 aromatic carbocycles. The van der Waals surface area contributed by atoms with Crippen molar-refractivity contribution in [2.24, 2.45) is 5.92 Å². The van der Waals surface area contributed by atoms with Crippen LogP contribution >= 0.6 is 15.9 Å². The molecule has 0 amide bonds. The first-order valence-electron chi connectivity index (χ1n) is 7.19. The van der Waals surface area contributed by atoms with Crippen LogP contribution < -0.4 is 5.32 Å². The highest BCUT2D eigenvalue weighted by Crippen LogP contribution is 2.29. The summed E-state index contributed by atoms with van der Waals surface area (Å²) < 4.78 is 25.8. The Labute approximate surface area is 130 Å². The molecule has 0 aliphatic heterocycles. The van der Waals surface area contributed by atoms with Crippen molar-refractivity contribution in [3.8, 4) is 0 Å². The molecule has 1 unspecified atom stereocenters. The summed E-state index contributed by atoms with van der Waals surface area (Å²) in [7, 11) is -1.39. The van der Waals surface area contributed by atoms with Crippen LogP contribution in [0.15, 0.2) is 33.6 Å². The van der Waals surface area contributed by atoms with E-state index in [1.165, 1.54) is 19.3 Å². The third-order valence-corrected chi connectivity index (χ3v) is 6.94. The first kappa shape index (κ1) is 16.0. The first-order valence-corrected chi connectivity index (χ1v) is 9.63. The summed E-state index contributed by atoms with van der Waals surface area (Å²) in [5.74, 6) is 0.655. The molecule has 1 atom stereocenters. The minimum Gasteiger partial charge on any atom is -0.316 e. The van der Waals surface area contributed by atoms with Crippen LogP contribution in [0.2, 0.25) is 0 Å². The lowest BCUT2D eigenvalue weighted by Gasteiger charge is -2.30. The molecule has 0 aromatic heterocycles. The van der Waals surface area contributed by atoms with Gasteiger partial charge in [-0.2, -0.15) is 0 Å². The molecule has 0 saturated heterocycles. The fraction of sp³-hybridized carbons (Fsp3) is 0.600. The lowest BCUT2D eigenvalue weighted by atomic mass is 9.84. The number of nitrogens with one attached hydrogen (secondary N) is 1. The zero-order chi connectivity index (χ0) is 14.6. The average molecular weight is 360 g/mol. The van der Waals surface area contributed by atoms with Gasteiger partial charge in [-0.05, 0) is 53.9 Å². The first-order chi connectivity index (χ1) is 9.54. The third-order valence-electron chi connectivity index (χ3n) is 4.16. The Balaban J connectivity index is 2.15. The molecule has 5 heteroatoms. The van der Waals surface area contributed by atoms with Crippen molar-refractivity contribution >= 4 is 25.8 Å². The summed E-state index contributed by atoms with van der Waals surface area (Å²) in [5.41, 5.74) is 0. The molecule has 0 bridgehead atoms. The summed E-state index contributed by atoms with van der Waals surface area (Å²) in [6.07, 6.45) is 5.99. The molecule has 1 fully saturated rings. The van der Waals surface area contributed by atoms with Gasteiger partial charge < -0.3 is 5.32 Å². The van der Waals surface area contributed by atoms with Crippen molar-refractivity contribution in [2.45, 2.75) is 43.0 Å². The Bertz CT molecular complexity index is 539. The number of halogens is 1. The Kier molecular flexibility index (Phi) is 5.64. The predicted molar refractivity (Wildman–Crippen MR) is 85.6 cm³/mol. The SMILES string of the molecule is CNC(CS(=O)(=O)c1ccccc1Br)C1CCCCC1. The second kappa shape index (κ2) is 7.05. The molecule has 20 heavy (non-hydrogen) atoms. The van der Waals surface area contributed by atoms with Crippen LogP contribution in [-0.4, -0.2) is 27.3 Å². The minimum absolute atomic E-state index is 0.0485. The molecule has 2 rings (SSSR count). The maximum atomic E-state index is 12.6. The Hall–Kier alpha value is -0.390. The molecular weight excluding hydrogens is 338 g/mol.